The van der Waals surface area contributed by atoms with Crippen molar-refractivity contribution in [2.24, 2.45) is 7.05 Å². The lowest BCUT2D eigenvalue weighted by atomic mass is 9.87. The predicted molar refractivity (Wildman–Crippen MR) is 124 cm³/mol. The first kappa shape index (κ1) is 22.1. The van der Waals surface area contributed by atoms with Crippen molar-refractivity contribution < 1.29 is 4.79 Å². The van der Waals surface area contributed by atoms with Crippen molar-refractivity contribution in [3.63, 3.8) is 0 Å². The molecule has 0 aliphatic heterocycles. The monoisotopic (exact) mass is 422 g/mol. The fraction of sp³-hybridized carbons (Fsp3) is 0.375. The number of thioether (sulfide) groups is 1. The van der Waals surface area contributed by atoms with Crippen LogP contribution in [0.2, 0.25) is 0 Å². The lowest BCUT2D eigenvalue weighted by molar-refractivity contribution is -0.120. The second kappa shape index (κ2) is 9.47. The molecule has 1 aromatic heterocycles. The summed E-state index contributed by atoms with van der Waals surface area (Å²) in [5.74, 6) is 0.810. The van der Waals surface area contributed by atoms with E-state index >= 15 is 0 Å². The van der Waals surface area contributed by atoms with E-state index in [1.165, 1.54) is 22.9 Å². The summed E-state index contributed by atoms with van der Waals surface area (Å²) in [5.41, 5.74) is 3.63. The number of aromatic nitrogens is 3. The second-order valence-electron chi connectivity index (χ2n) is 8.48. The maximum Gasteiger partial charge on any atom is 0.233 e. The Hall–Kier alpha value is -2.60. The van der Waals surface area contributed by atoms with E-state index in [1.807, 2.05) is 36.7 Å². The fourth-order valence-electron chi connectivity index (χ4n) is 3.12. The molecule has 1 atom stereocenters. The van der Waals surface area contributed by atoms with Gasteiger partial charge in [-0.1, -0.05) is 87.1 Å². The van der Waals surface area contributed by atoms with Crippen LogP contribution < -0.4 is 5.32 Å². The first-order valence-corrected chi connectivity index (χ1v) is 11.1. The maximum absolute atomic E-state index is 12.5. The fourth-order valence-corrected chi connectivity index (χ4v) is 3.96. The van der Waals surface area contributed by atoms with Crippen LogP contribution in [0.25, 0.3) is 11.4 Å². The van der Waals surface area contributed by atoms with Crippen LogP contribution >= 0.6 is 11.8 Å². The molecule has 0 spiro atoms. The molecule has 30 heavy (non-hydrogen) atoms. The van der Waals surface area contributed by atoms with Gasteiger partial charge in [0.1, 0.15) is 0 Å². The van der Waals surface area contributed by atoms with Gasteiger partial charge in [0, 0.05) is 19.2 Å². The summed E-state index contributed by atoms with van der Waals surface area (Å²) >= 11 is 1.42. The van der Waals surface area contributed by atoms with Crippen molar-refractivity contribution in [1.82, 2.24) is 20.1 Å². The van der Waals surface area contributed by atoms with E-state index in [1.54, 1.807) is 0 Å². The van der Waals surface area contributed by atoms with Crippen LogP contribution in [-0.4, -0.2) is 32.5 Å². The van der Waals surface area contributed by atoms with E-state index in [0.717, 1.165) is 23.0 Å². The minimum atomic E-state index is -0.250. The molecular weight excluding hydrogens is 392 g/mol. The summed E-state index contributed by atoms with van der Waals surface area (Å²) in [6, 6.07) is 18.6. The average molecular weight is 423 g/mol. The third-order valence-corrected chi connectivity index (χ3v) is 6.19. The van der Waals surface area contributed by atoms with E-state index < -0.39 is 0 Å². The molecule has 6 heteroatoms. The largest absolute Gasteiger partial charge is 0.355 e. The van der Waals surface area contributed by atoms with Gasteiger partial charge in [0.25, 0.3) is 0 Å². The Morgan fingerprint density at radius 1 is 1.07 bits per heavy atom. The number of carbonyl (C=O) groups is 1. The van der Waals surface area contributed by atoms with Crippen molar-refractivity contribution >= 4 is 17.7 Å². The number of benzene rings is 2. The molecule has 3 aromatic rings. The van der Waals surface area contributed by atoms with Crippen LogP contribution in [0.1, 0.15) is 38.8 Å². The van der Waals surface area contributed by atoms with Gasteiger partial charge in [-0.25, -0.2) is 0 Å². The molecule has 0 aliphatic carbocycles. The van der Waals surface area contributed by atoms with E-state index in [2.05, 4.69) is 72.7 Å². The first-order chi connectivity index (χ1) is 14.3. The standard InChI is InChI=1S/C24H30N4OS/c1-17(22(29)25-16-15-18-9-7-6-8-10-18)30-23-27-26-21(28(23)5)19-11-13-20(14-12-19)24(2,3)4/h6-14,17H,15-16H2,1-5H3,(H,25,29)/t17-/m0/s1. The van der Waals surface area contributed by atoms with Crippen LogP contribution in [0.5, 0.6) is 0 Å². The van der Waals surface area contributed by atoms with Crippen molar-refractivity contribution in [3.8, 4) is 11.4 Å². The summed E-state index contributed by atoms with van der Waals surface area (Å²) in [6.45, 7) is 9.12. The second-order valence-corrected chi connectivity index (χ2v) is 9.79. The number of amides is 1. The SMILES string of the molecule is C[C@H](Sc1nnc(-c2ccc(C(C)(C)C)cc2)n1C)C(=O)NCCc1ccccc1. The number of hydrogen-bond donors (Lipinski definition) is 1. The molecule has 2 aromatic carbocycles. The smallest absolute Gasteiger partial charge is 0.233 e. The predicted octanol–water partition coefficient (Wildman–Crippen LogP) is 4.62. The molecule has 158 valence electrons. The van der Waals surface area contributed by atoms with Crippen molar-refractivity contribution in [2.75, 3.05) is 6.54 Å². The summed E-state index contributed by atoms with van der Waals surface area (Å²) in [7, 11) is 1.94. The number of carbonyl (C=O) groups excluding carboxylic acids is 1. The van der Waals surface area contributed by atoms with Crippen LogP contribution in [0.15, 0.2) is 59.8 Å². The Morgan fingerprint density at radius 3 is 2.37 bits per heavy atom. The number of nitrogens with one attached hydrogen (secondary N) is 1. The Bertz CT molecular complexity index is 975. The molecule has 1 heterocycles. The van der Waals surface area contributed by atoms with Gasteiger partial charge in [-0.05, 0) is 29.9 Å². The molecule has 0 bridgehead atoms. The highest BCUT2D eigenvalue weighted by Crippen LogP contribution is 2.28. The number of nitrogens with zero attached hydrogens (tertiary/aromatic N) is 3. The molecule has 5 nitrogen and oxygen atoms in total. The molecule has 0 saturated heterocycles. The lowest BCUT2D eigenvalue weighted by Crippen LogP contribution is -2.32. The van der Waals surface area contributed by atoms with Crippen LogP contribution in [0, 0.1) is 0 Å². The van der Waals surface area contributed by atoms with Gasteiger partial charge in [0.15, 0.2) is 11.0 Å². The molecule has 0 radical (unpaired) electrons. The van der Waals surface area contributed by atoms with Crippen LogP contribution in [0.4, 0.5) is 0 Å². The van der Waals surface area contributed by atoms with E-state index in [9.17, 15) is 4.79 Å². The van der Waals surface area contributed by atoms with Gasteiger partial charge in [-0.2, -0.15) is 0 Å². The van der Waals surface area contributed by atoms with Gasteiger partial charge in [-0.15, -0.1) is 10.2 Å². The van der Waals surface area contributed by atoms with E-state index in [4.69, 9.17) is 0 Å². The minimum Gasteiger partial charge on any atom is -0.355 e. The Balaban J connectivity index is 1.59. The molecule has 3 rings (SSSR count). The van der Waals surface area contributed by atoms with Crippen molar-refractivity contribution in [2.45, 2.75) is 49.9 Å². The summed E-state index contributed by atoms with van der Waals surface area (Å²) in [4.78, 5) is 12.5. The van der Waals surface area contributed by atoms with Gasteiger partial charge in [-0.3, -0.25) is 4.79 Å². The Morgan fingerprint density at radius 2 is 1.73 bits per heavy atom. The summed E-state index contributed by atoms with van der Waals surface area (Å²) < 4.78 is 1.95. The zero-order valence-electron chi connectivity index (χ0n) is 18.3. The number of rotatable bonds is 7. The molecule has 1 amide bonds. The topological polar surface area (TPSA) is 59.8 Å². The zero-order chi connectivity index (χ0) is 21.7. The third-order valence-electron chi connectivity index (χ3n) is 5.05. The molecule has 0 fully saturated rings. The summed E-state index contributed by atoms with van der Waals surface area (Å²) in [5, 5.41) is 12.2. The minimum absolute atomic E-state index is 0.00927. The zero-order valence-corrected chi connectivity index (χ0v) is 19.2. The van der Waals surface area contributed by atoms with Crippen molar-refractivity contribution in [3.05, 3.63) is 65.7 Å². The van der Waals surface area contributed by atoms with E-state index in [0.29, 0.717) is 6.54 Å². The highest BCUT2D eigenvalue weighted by Gasteiger charge is 2.20. The highest BCUT2D eigenvalue weighted by atomic mass is 32.2. The summed E-state index contributed by atoms with van der Waals surface area (Å²) in [6.07, 6.45) is 0.822. The van der Waals surface area contributed by atoms with Gasteiger partial charge in [0.05, 0.1) is 5.25 Å². The van der Waals surface area contributed by atoms with Gasteiger partial charge >= 0.3 is 0 Å². The lowest BCUT2D eigenvalue weighted by Gasteiger charge is -2.19. The molecule has 0 unspecified atom stereocenters. The quantitative estimate of drug-likeness (QED) is 0.565. The van der Waals surface area contributed by atoms with Crippen molar-refractivity contribution in [1.29, 1.82) is 0 Å². The van der Waals surface area contributed by atoms with Crippen LogP contribution in [0.3, 0.4) is 0 Å². The molecule has 0 aliphatic rings. The van der Waals surface area contributed by atoms with E-state index in [-0.39, 0.29) is 16.6 Å². The molecule has 0 saturated carbocycles. The highest BCUT2D eigenvalue weighted by molar-refractivity contribution is 8.00. The Kier molecular flexibility index (Phi) is 6.98. The van der Waals surface area contributed by atoms with Gasteiger partial charge in [0.2, 0.25) is 5.91 Å². The van der Waals surface area contributed by atoms with Gasteiger partial charge < -0.3 is 9.88 Å². The number of hydrogen-bond acceptors (Lipinski definition) is 4. The molecule has 1 N–H and O–H groups in total. The molecular formula is C24H30N4OS. The average Bonchev–Trinajstić information content (AvgIpc) is 3.08. The third kappa shape index (κ3) is 5.51. The maximum atomic E-state index is 12.5. The van der Waals surface area contributed by atoms with Crippen LogP contribution in [-0.2, 0) is 23.7 Å². The Labute approximate surface area is 183 Å². The normalized spacial score (nSPS) is 12.6. The first-order valence-electron chi connectivity index (χ1n) is 10.2.